The SMILES string of the molecule is c1ccc(-n2ccc3cc4c5ccccc5n(-c5cc(-c6cccnc6)ccn5)c4cc32)cc1. The Hall–Kier alpha value is -4.70. The predicted octanol–water partition coefficient (Wildman–Crippen LogP) is 7.18. The van der Waals surface area contributed by atoms with Gasteiger partial charge in [0.05, 0.1) is 16.6 Å². The van der Waals surface area contributed by atoms with E-state index in [1.807, 2.05) is 30.6 Å². The second kappa shape index (κ2) is 7.42. The second-order valence-electron chi connectivity index (χ2n) is 8.45. The minimum absolute atomic E-state index is 0.893. The summed E-state index contributed by atoms with van der Waals surface area (Å²) in [6.07, 6.45) is 7.71. The fraction of sp³-hybridized carbons (Fsp3) is 0. The van der Waals surface area contributed by atoms with Crippen LogP contribution in [0.25, 0.3) is 55.3 Å². The van der Waals surface area contributed by atoms with E-state index < -0.39 is 0 Å². The van der Waals surface area contributed by atoms with Gasteiger partial charge in [0.25, 0.3) is 0 Å². The van der Waals surface area contributed by atoms with E-state index >= 15 is 0 Å². The van der Waals surface area contributed by atoms with Gasteiger partial charge < -0.3 is 4.57 Å². The Morgan fingerprint density at radius 2 is 1.47 bits per heavy atom. The average molecular weight is 437 g/mol. The van der Waals surface area contributed by atoms with Gasteiger partial charge in [0, 0.05) is 52.2 Å². The number of hydrogen-bond donors (Lipinski definition) is 0. The standard InChI is InChI=1S/C30H20N4/c1-2-8-24(9-3-1)33-16-13-22-17-26-25-10-4-5-11-27(25)34(29(26)19-28(22)33)30-18-21(12-15-32-30)23-7-6-14-31-20-23/h1-20H. The molecule has 0 amide bonds. The lowest BCUT2D eigenvalue weighted by Crippen LogP contribution is -1.98. The average Bonchev–Trinajstić information content (AvgIpc) is 3.47. The fourth-order valence-corrected chi connectivity index (χ4v) is 4.91. The van der Waals surface area contributed by atoms with Crippen molar-refractivity contribution in [2.75, 3.05) is 0 Å². The summed E-state index contributed by atoms with van der Waals surface area (Å²) in [5, 5.41) is 3.67. The Morgan fingerprint density at radius 3 is 2.35 bits per heavy atom. The summed E-state index contributed by atoms with van der Waals surface area (Å²) >= 11 is 0. The summed E-state index contributed by atoms with van der Waals surface area (Å²) in [5.74, 6) is 0.893. The number of hydrogen-bond acceptors (Lipinski definition) is 2. The third-order valence-electron chi connectivity index (χ3n) is 6.49. The van der Waals surface area contributed by atoms with Crippen LogP contribution in [0.4, 0.5) is 0 Å². The van der Waals surface area contributed by atoms with Crippen molar-refractivity contribution in [1.29, 1.82) is 0 Å². The lowest BCUT2D eigenvalue weighted by atomic mass is 10.1. The quantitative estimate of drug-likeness (QED) is 0.294. The molecule has 4 heteroatoms. The molecule has 0 aliphatic rings. The van der Waals surface area contributed by atoms with Gasteiger partial charge >= 0.3 is 0 Å². The Morgan fingerprint density at radius 1 is 0.588 bits per heavy atom. The molecule has 0 fully saturated rings. The molecule has 0 aliphatic heterocycles. The van der Waals surface area contributed by atoms with Gasteiger partial charge in [0.1, 0.15) is 5.82 Å². The third kappa shape index (κ3) is 2.86. The first kappa shape index (κ1) is 18.8. The van der Waals surface area contributed by atoms with Crippen molar-refractivity contribution in [3.63, 3.8) is 0 Å². The van der Waals surface area contributed by atoms with Crippen LogP contribution in [0.1, 0.15) is 0 Å². The lowest BCUT2D eigenvalue weighted by Gasteiger charge is -2.10. The van der Waals surface area contributed by atoms with Gasteiger partial charge in [-0.1, -0.05) is 42.5 Å². The molecule has 160 valence electrons. The Kier molecular flexibility index (Phi) is 4.11. The van der Waals surface area contributed by atoms with Crippen LogP contribution in [0.15, 0.2) is 122 Å². The molecule has 0 atom stereocenters. The zero-order valence-corrected chi connectivity index (χ0v) is 18.3. The van der Waals surface area contributed by atoms with Crippen LogP contribution < -0.4 is 0 Å². The highest BCUT2D eigenvalue weighted by atomic mass is 15.1. The van der Waals surface area contributed by atoms with Gasteiger partial charge in [-0.15, -0.1) is 0 Å². The van der Waals surface area contributed by atoms with Crippen LogP contribution in [0.5, 0.6) is 0 Å². The van der Waals surface area contributed by atoms with E-state index in [1.165, 1.54) is 21.7 Å². The zero-order valence-electron chi connectivity index (χ0n) is 18.3. The van der Waals surface area contributed by atoms with Crippen LogP contribution in [-0.2, 0) is 0 Å². The smallest absolute Gasteiger partial charge is 0.138 e. The Balaban J connectivity index is 1.54. The molecule has 3 aromatic carbocycles. The molecule has 0 aliphatic carbocycles. The molecule has 0 saturated heterocycles. The third-order valence-corrected chi connectivity index (χ3v) is 6.49. The van der Waals surface area contributed by atoms with Crippen molar-refractivity contribution in [3.05, 3.63) is 122 Å². The molecule has 4 heterocycles. The van der Waals surface area contributed by atoms with Gasteiger partial charge in [-0.3, -0.25) is 9.55 Å². The minimum Gasteiger partial charge on any atom is -0.316 e. The van der Waals surface area contributed by atoms with E-state index in [0.29, 0.717) is 0 Å². The lowest BCUT2D eigenvalue weighted by molar-refractivity contribution is 1.08. The zero-order chi connectivity index (χ0) is 22.5. The number of benzene rings is 3. The molecule has 4 aromatic heterocycles. The van der Waals surface area contributed by atoms with Crippen LogP contribution in [0.2, 0.25) is 0 Å². The van der Waals surface area contributed by atoms with Crippen molar-refractivity contribution >= 4 is 32.7 Å². The molecule has 7 aromatic rings. The first-order chi connectivity index (χ1) is 16.9. The van der Waals surface area contributed by atoms with Crippen molar-refractivity contribution < 1.29 is 0 Å². The summed E-state index contributed by atoms with van der Waals surface area (Å²) in [7, 11) is 0. The molecule has 0 radical (unpaired) electrons. The molecule has 7 rings (SSSR count). The summed E-state index contributed by atoms with van der Waals surface area (Å²) in [4.78, 5) is 9.08. The van der Waals surface area contributed by atoms with E-state index in [4.69, 9.17) is 4.98 Å². The predicted molar refractivity (Wildman–Crippen MR) is 139 cm³/mol. The normalized spacial score (nSPS) is 11.5. The molecule has 0 spiro atoms. The van der Waals surface area contributed by atoms with Gasteiger partial charge in [0.2, 0.25) is 0 Å². The molecular formula is C30H20N4. The first-order valence-electron chi connectivity index (χ1n) is 11.3. The van der Waals surface area contributed by atoms with Crippen molar-refractivity contribution in [3.8, 4) is 22.6 Å². The number of rotatable bonds is 3. The van der Waals surface area contributed by atoms with E-state index in [-0.39, 0.29) is 0 Å². The largest absolute Gasteiger partial charge is 0.316 e. The highest BCUT2D eigenvalue weighted by Crippen LogP contribution is 2.35. The highest BCUT2D eigenvalue weighted by Gasteiger charge is 2.16. The van der Waals surface area contributed by atoms with E-state index in [0.717, 1.165) is 33.7 Å². The fourth-order valence-electron chi connectivity index (χ4n) is 4.91. The molecule has 0 bridgehead atoms. The molecule has 0 saturated carbocycles. The molecule has 0 N–H and O–H groups in total. The topological polar surface area (TPSA) is 35.6 Å². The summed E-state index contributed by atoms with van der Waals surface area (Å²) in [6.45, 7) is 0. The van der Waals surface area contributed by atoms with Crippen LogP contribution in [-0.4, -0.2) is 19.1 Å². The Bertz CT molecular complexity index is 1790. The first-order valence-corrected chi connectivity index (χ1v) is 11.3. The van der Waals surface area contributed by atoms with Crippen LogP contribution >= 0.6 is 0 Å². The maximum absolute atomic E-state index is 4.79. The van der Waals surface area contributed by atoms with Crippen molar-refractivity contribution in [1.82, 2.24) is 19.1 Å². The summed E-state index contributed by atoms with van der Waals surface area (Å²) < 4.78 is 4.52. The second-order valence-corrected chi connectivity index (χ2v) is 8.45. The van der Waals surface area contributed by atoms with Gasteiger partial charge in [-0.05, 0) is 60.2 Å². The minimum atomic E-state index is 0.893. The maximum atomic E-state index is 4.79. The molecule has 34 heavy (non-hydrogen) atoms. The number of pyridine rings is 2. The van der Waals surface area contributed by atoms with Crippen molar-refractivity contribution in [2.45, 2.75) is 0 Å². The van der Waals surface area contributed by atoms with Crippen LogP contribution in [0.3, 0.4) is 0 Å². The monoisotopic (exact) mass is 436 g/mol. The van der Waals surface area contributed by atoms with Crippen molar-refractivity contribution in [2.24, 2.45) is 0 Å². The number of aromatic nitrogens is 4. The van der Waals surface area contributed by atoms with E-state index in [2.05, 4.69) is 99.2 Å². The van der Waals surface area contributed by atoms with Crippen LogP contribution in [0, 0.1) is 0 Å². The number of fused-ring (bicyclic) bond motifs is 4. The molecule has 4 nitrogen and oxygen atoms in total. The highest BCUT2D eigenvalue weighted by molar-refractivity contribution is 6.13. The maximum Gasteiger partial charge on any atom is 0.138 e. The number of para-hydroxylation sites is 2. The summed E-state index contributed by atoms with van der Waals surface area (Å²) in [5.41, 5.74) is 6.78. The van der Waals surface area contributed by atoms with Gasteiger partial charge in [0.15, 0.2) is 0 Å². The van der Waals surface area contributed by atoms with E-state index in [1.54, 1.807) is 6.20 Å². The number of nitrogens with zero attached hydrogens (tertiary/aromatic N) is 4. The van der Waals surface area contributed by atoms with E-state index in [9.17, 15) is 0 Å². The Labute approximate surface area is 196 Å². The molecule has 0 unspecified atom stereocenters. The van der Waals surface area contributed by atoms with Gasteiger partial charge in [-0.2, -0.15) is 0 Å². The molecular weight excluding hydrogens is 416 g/mol. The van der Waals surface area contributed by atoms with Gasteiger partial charge in [-0.25, -0.2) is 4.98 Å². The summed E-state index contributed by atoms with van der Waals surface area (Å²) in [6, 6.07) is 34.0.